The topological polar surface area (TPSA) is 55.1 Å². The molecule has 3 heteroatoms. The lowest BCUT2D eigenvalue weighted by molar-refractivity contribution is -0.126. The number of rotatable bonds is 5. The van der Waals surface area contributed by atoms with Gasteiger partial charge in [-0.2, -0.15) is 0 Å². The van der Waals surface area contributed by atoms with Gasteiger partial charge in [-0.05, 0) is 63.5 Å². The average Bonchev–Trinajstić information content (AvgIpc) is 3.11. The minimum absolute atomic E-state index is 0.0109. The maximum Gasteiger partial charge on any atom is 0.230 e. The molecule has 3 rings (SSSR count). The van der Waals surface area contributed by atoms with Crippen molar-refractivity contribution < 1.29 is 4.79 Å². The molecule has 2 aliphatic rings. The van der Waals surface area contributed by atoms with Gasteiger partial charge < -0.3 is 11.1 Å². The Bertz CT molecular complexity index is 542. The lowest BCUT2D eigenvalue weighted by atomic mass is 9.81. The van der Waals surface area contributed by atoms with Crippen molar-refractivity contribution in [3.8, 4) is 0 Å². The molecular weight excluding hydrogens is 260 g/mol. The van der Waals surface area contributed by atoms with E-state index in [1.54, 1.807) is 0 Å². The molecule has 1 amide bonds. The van der Waals surface area contributed by atoms with Crippen molar-refractivity contribution in [2.75, 3.05) is 0 Å². The second-order valence-corrected chi connectivity index (χ2v) is 7.47. The highest BCUT2D eigenvalue weighted by Crippen LogP contribution is 2.36. The van der Waals surface area contributed by atoms with Crippen molar-refractivity contribution in [1.82, 2.24) is 5.32 Å². The molecule has 3 N–H and O–H groups in total. The Balaban J connectivity index is 1.73. The normalized spacial score (nSPS) is 20.7. The zero-order valence-corrected chi connectivity index (χ0v) is 13.1. The summed E-state index contributed by atoms with van der Waals surface area (Å²) < 4.78 is 0. The highest BCUT2D eigenvalue weighted by atomic mass is 16.2. The summed E-state index contributed by atoms with van der Waals surface area (Å²) in [6, 6.07) is 8.77. The summed E-state index contributed by atoms with van der Waals surface area (Å²) in [7, 11) is 0. The molecule has 2 aliphatic carbocycles. The molecule has 0 aromatic heterocycles. The predicted molar refractivity (Wildman–Crippen MR) is 85.1 cm³/mol. The van der Waals surface area contributed by atoms with Gasteiger partial charge in [0.25, 0.3) is 0 Å². The van der Waals surface area contributed by atoms with Crippen LogP contribution in [0.2, 0.25) is 0 Å². The molecule has 114 valence electrons. The summed E-state index contributed by atoms with van der Waals surface area (Å²) in [4.78, 5) is 12.5. The first-order valence-electron chi connectivity index (χ1n) is 8.08. The Morgan fingerprint density at radius 1 is 1.38 bits per heavy atom. The summed E-state index contributed by atoms with van der Waals surface area (Å²) in [5.41, 5.74) is 8.06. The molecule has 0 saturated heterocycles. The van der Waals surface area contributed by atoms with Crippen molar-refractivity contribution in [3.05, 3.63) is 35.4 Å². The van der Waals surface area contributed by atoms with E-state index in [1.807, 2.05) is 13.8 Å². The van der Waals surface area contributed by atoms with Crippen LogP contribution in [0.25, 0.3) is 0 Å². The van der Waals surface area contributed by atoms with Crippen molar-refractivity contribution in [2.24, 2.45) is 5.73 Å². The van der Waals surface area contributed by atoms with Crippen molar-refractivity contribution >= 4 is 5.91 Å². The molecule has 1 aromatic carbocycles. The number of hydrogen-bond acceptors (Lipinski definition) is 2. The first kappa shape index (κ1) is 14.6. The second-order valence-electron chi connectivity index (χ2n) is 7.47. The average molecular weight is 286 g/mol. The van der Waals surface area contributed by atoms with Crippen LogP contribution in [0.3, 0.4) is 0 Å². The first-order valence-corrected chi connectivity index (χ1v) is 8.08. The van der Waals surface area contributed by atoms with Gasteiger partial charge in [0, 0.05) is 11.6 Å². The van der Waals surface area contributed by atoms with Gasteiger partial charge in [0.15, 0.2) is 0 Å². The van der Waals surface area contributed by atoms with Crippen molar-refractivity contribution in [1.29, 1.82) is 0 Å². The van der Waals surface area contributed by atoms with E-state index < -0.39 is 5.41 Å². The Morgan fingerprint density at radius 2 is 2.10 bits per heavy atom. The number of carbonyl (C=O) groups is 1. The van der Waals surface area contributed by atoms with Crippen LogP contribution in [0.4, 0.5) is 0 Å². The third-order valence-electron chi connectivity index (χ3n) is 5.11. The SMILES string of the molecule is CC(C)(C(=O)NC1CCC1)c1cccc(CC2(N)CC2)c1. The van der Waals surface area contributed by atoms with Crippen LogP contribution >= 0.6 is 0 Å². The van der Waals surface area contributed by atoms with Crippen LogP contribution in [0.5, 0.6) is 0 Å². The van der Waals surface area contributed by atoms with Gasteiger partial charge in [-0.1, -0.05) is 24.3 Å². The lowest BCUT2D eigenvalue weighted by Gasteiger charge is -2.32. The van der Waals surface area contributed by atoms with Crippen LogP contribution in [0.1, 0.15) is 57.1 Å². The minimum atomic E-state index is -0.489. The number of carbonyl (C=O) groups excluding carboxylic acids is 1. The number of nitrogens with two attached hydrogens (primary N) is 1. The molecule has 2 fully saturated rings. The van der Waals surface area contributed by atoms with Gasteiger partial charge in [-0.15, -0.1) is 0 Å². The molecule has 2 saturated carbocycles. The van der Waals surface area contributed by atoms with E-state index in [4.69, 9.17) is 5.73 Å². The van der Waals surface area contributed by atoms with Crippen LogP contribution in [0.15, 0.2) is 24.3 Å². The van der Waals surface area contributed by atoms with Crippen LogP contribution in [0, 0.1) is 0 Å². The van der Waals surface area contributed by atoms with Crippen LogP contribution < -0.4 is 11.1 Å². The number of nitrogens with one attached hydrogen (secondary N) is 1. The molecule has 0 aliphatic heterocycles. The van der Waals surface area contributed by atoms with E-state index >= 15 is 0 Å². The van der Waals surface area contributed by atoms with E-state index in [9.17, 15) is 4.79 Å². The fourth-order valence-electron chi connectivity index (χ4n) is 2.86. The van der Waals surface area contributed by atoms with E-state index in [-0.39, 0.29) is 11.4 Å². The zero-order chi connectivity index (χ0) is 15.1. The zero-order valence-electron chi connectivity index (χ0n) is 13.1. The van der Waals surface area contributed by atoms with Gasteiger partial charge in [-0.25, -0.2) is 0 Å². The van der Waals surface area contributed by atoms with E-state index in [0.29, 0.717) is 6.04 Å². The Kier molecular flexibility index (Phi) is 3.56. The number of hydrogen-bond donors (Lipinski definition) is 2. The smallest absolute Gasteiger partial charge is 0.230 e. The molecule has 21 heavy (non-hydrogen) atoms. The molecule has 0 unspecified atom stereocenters. The fraction of sp³-hybridized carbons (Fsp3) is 0.611. The second kappa shape index (κ2) is 5.13. The molecule has 0 heterocycles. The molecule has 0 radical (unpaired) electrons. The van der Waals surface area contributed by atoms with Gasteiger partial charge in [-0.3, -0.25) is 4.79 Å². The molecule has 0 atom stereocenters. The highest BCUT2D eigenvalue weighted by Gasteiger charge is 2.38. The summed E-state index contributed by atoms with van der Waals surface area (Å²) in [6.45, 7) is 4.02. The van der Waals surface area contributed by atoms with E-state index in [2.05, 4.69) is 29.6 Å². The highest BCUT2D eigenvalue weighted by molar-refractivity contribution is 5.87. The maximum absolute atomic E-state index is 12.5. The summed E-state index contributed by atoms with van der Waals surface area (Å²) >= 11 is 0. The Labute approximate surface area is 127 Å². The number of benzene rings is 1. The minimum Gasteiger partial charge on any atom is -0.353 e. The summed E-state index contributed by atoms with van der Waals surface area (Å²) in [5, 5.41) is 3.17. The van der Waals surface area contributed by atoms with Crippen molar-refractivity contribution in [3.63, 3.8) is 0 Å². The number of amides is 1. The Hall–Kier alpha value is -1.35. The third-order valence-corrected chi connectivity index (χ3v) is 5.11. The monoisotopic (exact) mass is 286 g/mol. The largest absolute Gasteiger partial charge is 0.353 e. The first-order chi connectivity index (χ1) is 9.89. The summed E-state index contributed by atoms with van der Waals surface area (Å²) in [5.74, 6) is 0.137. The molecule has 1 aromatic rings. The maximum atomic E-state index is 12.5. The van der Waals surface area contributed by atoms with E-state index in [0.717, 1.165) is 37.7 Å². The summed E-state index contributed by atoms with van der Waals surface area (Å²) in [6.07, 6.45) is 6.63. The molecule has 3 nitrogen and oxygen atoms in total. The van der Waals surface area contributed by atoms with Gasteiger partial charge >= 0.3 is 0 Å². The Morgan fingerprint density at radius 3 is 2.67 bits per heavy atom. The van der Waals surface area contributed by atoms with E-state index in [1.165, 1.54) is 12.0 Å². The molecule has 0 bridgehead atoms. The molecular formula is C18H26N2O. The quantitative estimate of drug-likeness (QED) is 0.874. The lowest BCUT2D eigenvalue weighted by Crippen LogP contribution is -2.47. The standard InChI is InChI=1S/C18H26N2O/c1-17(2,16(21)20-15-7-4-8-15)14-6-3-5-13(11-14)12-18(19)9-10-18/h3,5-6,11,15H,4,7-10,12,19H2,1-2H3,(H,20,21). The third kappa shape index (κ3) is 3.13. The predicted octanol–water partition coefficient (Wildman–Crippen LogP) is 2.67. The molecule has 0 spiro atoms. The van der Waals surface area contributed by atoms with Gasteiger partial charge in [0.1, 0.15) is 0 Å². The van der Waals surface area contributed by atoms with Gasteiger partial charge in [0.05, 0.1) is 5.41 Å². The van der Waals surface area contributed by atoms with Gasteiger partial charge in [0.2, 0.25) is 5.91 Å². The van der Waals surface area contributed by atoms with Crippen LogP contribution in [-0.2, 0) is 16.6 Å². The van der Waals surface area contributed by atoms with Crippen LogP contribution in [-0.4, -0.2) is 17.5 Å². The van der Waals surface area contributed by atoms with Crippen molar-refractivity contribution in [2.45, 2.75) is 69.4 Å². The fourth-order valence-corrected chi connectivity index (χ4v) is 2.86.